The van der Waals surface area contributed by atoms with E-state index in [4.69, 9.17) is 0 Å². The molecule has 1 saturated heterocycles. The molecular weight excluding hydrogens is 250 g/mol. The molecule has 2 aromatic rings. The van der Waals surface area contributed by atoms with Gasteiger partial charge >= 0.3 is 0 Å². The van der Waals surface area contributed by atoms with E-state index in [1.807, 2.05) is 17.2 Å². The summed E-state index contributed by atoms with van der Waals surface area (Å²) < 4.78 is 2.15. The molecule has 2 aromatic heterocycles. The zero-order valence-electron chi connectivity index (χ0n) is 11.7. The Morgan fingerprint density at radius 3 is 3.15 bits per heavy atom. The van der Waals surface area contributed by atoms with Gasteiger partial charge in [-0.1, -0.05) is 6.58 Å². The van der Waals surface area contributed by atoms with Crippen LogP contribution >= 0.6 is 0 Å². The monoisotopic (exact) mass is 269 g/mol. The number of amides is 1. The summed E-state index contributed by atoms with van der Waals surface area (Å²) in [6, 6.07) is 6.25. The summed E-state index contributed by atoms with van der Waals surface area (Å²) in [7, 11) is 2.05. The van der Waals surface area contributed by atoms with Crippen LogP contribution in [0.2, 0.25) is 0 Å². The number of hydrogen-bond donors (Lipinski definition) is 0. The van der Waals surface area contributed by atoms with E-state index in [9.17, 15) is 4.79 Å². The molecule has 3 rings (SSSR count). The molecule has 4 nitrogen and oxygen atoms in total. The second-order valence-electron chi connectivity index (χ2n) is 5.37. The first-order valence-corrected chi connectivity index (χ1v) is 7.02. The van der Waals surface area contributed by atoms with Crippen molar-refractivity contribution in [1.29, 1.82) is 0 Å². The van der Waals surface area contributed by atoms with Crippen LogP contribution < -0.4 is 0 Å². The van der Waals surface area contributed by atoms with Crippen LogP contribution in [0.25, 0.3) is 11.0 Å². The van der Waals surface area contributed by atoms with E-state index >= 15 is 0 Å². The average Bonchev–Trinajstić information content (AvgIpc) is 2.84. The lowest BCUT2D eigenvalue weighted by Crippen LogP contribution is -2.38. The van der Waals surface area contributed by atoms with E-state index in [1.165, 1.54) is 11.8 Å². The molecule has 0 radical (unpaired) electrons. The normalized spacial score (nSPS) is 19.2. The number of hydrogen-bond acceptors (Lipinski definition) is 2. The van der Waals surface area contributed by atoms with Crippen LogP contribution in [0.1, 0.15) is 24.5 Å². The molecule has 1 atom stereocenters. The van der Waals surface area contributed by atoms with Crippen LogP contribution in [0.15, 0.2) is 37.1 Å². The number of likely N-dealkylation sites (tertiary alicyclic amines) is 1. The molecule has 0 spiro atoms. The zero-order chi connectivity index (χ0) is 14.1. The molecule has 1 aliphatic rings. The Balaban J connectivity index is 1.92. The van der Waals surface area contributed by atoms with Crippen molar-refractivity contribution in [2.45, 2.75) is 18.8 Å². The Kier molecular flexibility index (Phi) is 3.30. The van der Waals surface area contributed by atoms with Crippen LogP contribution in [0.4, 0.5) is 0 Å². The fraction of sp³-hybridized carbons (Fsp3) is 0.375. The third-order valence-electron chi connectivity index (χ3n) is 4.15. The maximum Gasteiger partial charge on any atom is 0.245 e. The summed E-state index contributed by atoms with van der Waals surface area (Å²) in [4.78, 5) is 18.1. The van der Waals surface area contributed by atoms with Crippen molar-refractivity contribution in [1.82, 2.24) is 14.5 Å². The first kappa shape index (κ1) is 12.9. The second kappa shape index (κ2) is 5.12. The quantitative estimate of drug-likeness (QED) is 0.785. The van der Waals surface area contributed by atoms with Gasteiger partial charge < -0.3 is 9.47 Å². The molecule has 1 aliphatic heterocycles. The molecule has 0 aromatic carbocycles. The van der Waals surface area contributed by atoms with Gasteiger partial charge in [0.15, 0.2) is 0 Å². The highest BCUT2D eigenvalue weighted by Crippen LogP contribution is 2.30. The lowest BCUT2D eigenvalue weighted by atomic mass is 9.94. The van der Waals surface area contributed by atoms with Gasteiger partial charge in [0.05, 0.1) is 0 Å². The number of carbonyl (C=O) groups excluding carboxylic acids is 1. The van der Waals surface area contributed by atoms with Gasteiger partial charge in [-0.25, -0.2) is 4.98 Å². The Hall–Kier alpha value is -2.10. The fourth-order valence-corrected chi connectivity index (χ4v) is 3.12. The molecule has 0 bridgehead atoms. The summed E-state index contributed by atoms with van der Waals surface area (Å²) >= 11 is 0. The first-order chi connectivity index (χ1) is 9.70. The van der Waals surface area contributed by atoms with E-state index in [1.54, 1.807) is 0 Å². The van der Waals surface area contributed by atoms with Gasteiger partial charge in [-0.2, -0.15) is 0 Å². The van der Waals surface area contributed by atoms with Gasteiger partial charge in [0.25, 0.3) is 0 Å². The Labute approximate surface area is 118 Å². The zero-order valence-corrected chi connectivity index (χ0v) is 11.7. The van der Waals surface area contributed by atoms with E-state index in [-0.39, 0.29) is 5.91 Å². The van der Waals surface area contributed by atoms with E-state index in [0.717, 1.165) is 37.0 Å². The number of pyridine rings is 1. The molecule has 20 heavy (non-hydrogen) atoms. The van der Waals surface area contributed by atoms with Crippen molar-refractivity contribution in [3.63, 3.8) is 0 Å². The lowest BCUT2D eigenvalue weighted by molar-refractivity contribution is -0.127. The number of piperidine rings is 1. The molecule has 1 fully saturated rings. The molecule has 104 valence electrons. The molecule has 3 heterocycles. The number of aryl methyl sites for hydroxylation is 1. The summed E-state index contributed by atoms with van der Waals surface area (Å²) in [5.74, 6) is 0.415. The van der Waals surface area contributed by atoms with Gasteiger partial charge in [0, 0.05) is 43.3 Å². The predicted molar refractivity (Wildman–Crippen MR) is 79.5 cm³/mol. The minimum atomic E-state index is 0.0339. The molecule has 0 saturated carbocycles. The molecular formula is C16H19N3O. The predicted octanol–water partition coefficient (Wildman–Crippen LogP) is 2.47. The Bertz CT molecular complexity index is 659. The standard InChI is InChI=1S/C16H19N3O/c1-3-15(20)19-9-5-7-13(11-19)14-10-12-6-4-8-17-16(12)18(14)2/h3-4,6,8,10,13H,1,5,7,9,11H2,2H3. The van der Waals surface area contributed by atoms with E-state index < -0.39 is 0 Å². The van der Waals surface area contributed by atoms with Crippen molar-refractivity contribution in [3.05, 3.63) is 42.7 Å². The first-order valence-electron chi connectivity index (χ1n) is 7.02. The second-order valence-corrected chi connectivity index (χ2v) is 5.37. The van der Waals surface area contributed by atoms with Gasteiger partial charge in [0.1, 0.15) is 5.65 Å². The number of aromatic nitrogens is 2. The number of nitrogens with zero attached hydrogens (tertiary/aromatic N) is 3. The smallest absolute Gasteiger partial charge is 0.245 e. The Morgan fingerprint density at radius 2 is 2.40 bits per heavy atom. The summed E-state index contributed by atoms with van der Waals surface area (Å²) in [5.41, 5.74) is 2.27. The largest absolute Gasteiger partial charge is 0.339 e. The van der Waals surface area contributed by atoms with Gasteiger partial charge in [-0.05, 0) is 37.1 Å². The summed E-state index contributed by atoms with van der Waals surface area (Å²) in [6.45, 7) is 5.19. The third-order valence-corrected chi connectivity index (χ3v) is 4.15. The van der Waals surface area contributed by atoms with Gasteiger partial charge in [-0.15, -0.1) is 0 Å². The highest BCUT2D eigenvalue weighted by molar-refractivity contribution is 5.87. The topological polar surface area (TPSA) is 38.1 Å². The molecule has 0 aliphatic carbocycles. The molecule has 0 N–H and O–H groups in total. The van der Waals surface area contributed by atoms with Gasteiger partial charge in [-0.3, -0.25) is 4.79 Å². The molecule has 4 heteroatoms. The van der Waals surface area contributed by atoms with E-state index in [0.29, 0.717) is 5.92 Å². The maximum atomic E-state index is 11.8. The fourth-order valence-electron chi connectivity index (χ4n) is 3.12. The van der Waals surface area contributed by atoms with Crippen LogP contribution in [0.5, 0.6) is 0 Å². The molecule has 1 amide bonds. The SMILES string of the molecule is C=CC(=O)N1CCCC(c2cc3cccnc3n2C)C1. The van der Waals surface area contributed by atoms with Crippen LogP contribution in [-0.2, 0) is 11.8 Å². The van der Waals surface area contributed by atoms with Crippen molar-refractivity contribution in [3.8, 4) is 0 Å². The summed E-state index contributed by atoms with van der Waals surface area (Å²) in [6.07, 6.45) is 5.39. The minimum absolute atomic E-state index is 0.0339. The summed E-state index contributed by atoms with van der Waals surface area (Å²) in [5, 5.41) is 1.16. The van der Waals surface area contributed by atoms with Crippen LogP contribution in [0.3, 0.4) is 0 Å². The Morgan fingerprint density at radius 1 is 1.55 bits per heavy atom. The van der Waals surface area contributed by atoms with Crippen molar-refractivity contribution < 1.29 is 4.79 Å². The number of fused-ring (bicyclic) bond motifs is 1. The van der Waals surface area contributed by atoms with E-state index in [2.05, 4.69) is 35.3 Å². The van der Waals surface area contributed by atoms with Crippen LogP contribution in [-0.4, -0.2) is 33.4 Å². The third kappa shape index (κ3) is 2.11. The average molecular weight is 269 g/mol. The highest BCUT2D eigenvalue weighted by Gasteiger charge is 2.25. The minimum Gasteiger partial charge on any atom is -0.339 e. The lowest BCUT2D eigenvalue weighted by Gasteiger charge is -2.32. The van der Waals surface area contributed by atoms with Crippen molar-refractivity contribution in [2.75, 3.05) is 13.1 Å². The van der Waals surface area contributed by atoms with Crippen molar-refractivity contribution >= 4 is 16.9 Å². The number of carbonyl (C=O) groups is 1. The highest BCUT2D eigenvalue weighted by atomic mass is 16.2. The maximum absolute atomic E-state index is 11.8. The van der Waals surface area contributed by atoms with Gasteiger partial charge in [0.2, 0.25) is 5.91 Å². The molecule has 1 unspecified atom stereocenters. The number of rotatable bonds is 2. The van der Waals surface area contributed by atoms with Crippen molar-refractivity contribution in [2.24, 2.45) is 7.05 Å². The van der Waals surface area contributed by atoms with Crippen LogP contribution in [0, 0.1) is 0 Å².